The van der Waals surface area contributed by atoms with Gasteiger partial charge in [-0.25, -0.2) is 9.97 Å². The van der Waals surface area contributed by atoms with Crippen LogP contribution in [0.5, 0.6) is 0 Å². The molecule has 1 saturated carbocycles. The summed E-state index contributed by atoms with van der Waals surface area (Å²) in [6, 6.07) is 4.40. The third-order valence-electron chi connectivity index (χ3n) is 6.36. The molecule has 4 heterocycles. The first-order chi connectivity index (χ1) is 15.2. The van der Waals surface area contributed by atoms with Gasteiger partial charge >= 0.3 is 0 Å². The topological polar surface area (TPSA) is 93.4 Å². The monoisotopic (exact) mass is 421 g/mol. The molecule has 162 valence electrons. The smallest absolute Gasteiger partial charge is 0.228 e. The van der Waals surface area contributed by atoms with Crippen molar-refractivity contribution in [3.8, 4) is 11.5 Å². The maximum Gasteiger partial charge on any atom is 0.228 e. The van der Waals surface area contributed by atoms with E-state index in [1.807, 2.05) is 12.1 Å². The molecule has 0 radical (unpaired) electrons. The summed E-state index contributed by atoms with van der Waals surface area (Å²) in [4.78, 5) is 28.3. The fraction of sp³-hybridized carbons (Fsp3) is 0.478. The van der Waals surface area contributed by atoms with Crippen LogP contribution in [0.15, 0.2) is 35.1 Å². The van der Waals surface area contributed by atoms with E-state index in [1.165, 1.54) is 0 Å². The summed E-state index contributed by atoms with van der Waals surface area (Å²) < 4.78 is 11.0. The molecule has 1 saturated heterocycles. The van der Waals surface area contributed by atoms with E-state index in [-0.39, 0.29) is 11.8 Å². The lowest BCUT2D eigenvalue weighted by Crippen LogP contribution is -2.45. The molecule has 0 atom stereocenters. The van der Waals surface area contributed by atoms with Crippen molar-refractivity contribution >= 4 is 22.5 Å². The molecule has 1 N–H and O–H groups in total. The maximum atomic E-state index is 12.9. The standard InChI is InChI=1S/C23H27N5O3/c1-15-24-14-21(31-15)20-10-17-11-22(26-13-18(17)12-25-20)27-23(29)16-2-4-19(5-3-16)28-6-8-30-9-7-28/h10-14,16,19H,2-9H2,1H3,(H,26,27,29)/t16-,19-. The lowest BCUT2D eigenvalue weighted by atomic mass is 9.84. The van der Waals surface area contributed by atoms with Gasteiger partial charge in [0.25, 0.3) is 0 Å². The first kappa shape index (κ1) is 20.1. The molecule has 3 aromatic heterocycles. The van der Waals surface area contributed by atoms with Crippen LogP contribution in [0.4, 0.5) is 5.82 Å². The molecule has 1 amide bonds. The minimum absolute atomic E-state index is 0.0416. The number of oxazole rings is 1. The van der Waals surface area contributed by atoms with Gasteiger partial charge in [-0.1, -0.05) is 0 Å². The minimum atomic E-state index is 0.0416. The van der Waals surface area contributed by atoms with Gasteiger partial charge in [-0.2, -0.15) is 0 Å². The highest BCUT2D eigenvalue weighted by molar-refractivity contribution is 5.94. The van der Waals surface area contributed by atoms with Gasteiger partial charge in [0.1, 0.15) is 11.5 Å². The van der Waals surface area contributed by atoms with Crippen LogP contribution in [0.25, 0.3) is 22.2 Å². The van der Waals surface area contributed by atoms with Gasteiger partial charge in [-0.15, -0.1) is 0 Å². The number of morpholine rings is 1. The Morgan fingerprint density at radius 3 is 2.52 bits per heavy atom. The molecule has 1 aliphatic heterocycles. The lowest BCUT2D eigenvalue weighted by Gasteiger charge is -2.38. The van der Waals surface area contributed by atoms with E-state index < -0.39 is 0 Å². The van der Waals surface area contributed by atoms with Crippen LogP contribution in [0.3, 0.4) is 0 Å². The van der Waals surface area contributed by atoms with Crippen LogP contribution < -0.4 is 5.32 Å². The van der Waals surface area contributed by atoms with Crippen molar-refractivity contribution in [2.75, 3.05) is 31.6 Å². The minimum Gasteiger partial charge on any atom is -0.439 e. The summed E-state index contributed by atoms with van der Waals surface area (Å²) in [7, 11) is 0. The number of ether oxygens (including phenoxy) is 1. The van der Waals surface area contributed by atoms with Crippen molar-refractivity contribution in [1.29, 1.82) is 0 Å². The number of carbonyl (C=O) groups excluding carboxylic acids is 1. The zero-order valence-corrected chi connectivity index (χ0v) is 17.7. The molecule has 8 heteroatoms. The molecule has 2 fully saturated rings. The van der Waals surface area contributed by atoms with Crippen LogP contribution >= 0.6 is 0 Å². The Bertz CT molecular complexity index is 1070. The molecule has 8 nitrogen and oxygen atoms in total. The summed E-state index contributed by atoms with van der Waals surface area (Å²) in [5.41, 5.74) is 0.706. The molecule has 0 bridgehead atoms. The van der Waals surface area contributed by atoms with Crippen molar-refractivity contribution in [2.45, 2.75) is 38.6 Å². The predicted molar refractivity (Wildman–Crippen MR) is 117 cm³/mol. The van der Waals surface area contributed by atoms with Gasteiger partial charge in [0.15, 0.2) is 11.7 Å². The van der Waals surface area contributed by atoms with Crippen molar-refractivity contribution in [3.05, 3.63) is 36.6 Å². The highest BCUT2D eigenvalue weighted by Crippen LogP contribution is 2.29. The Kier molecular flexibility index (Phi) is 5.65. The number of pyridine rings is 2. The van der Waals surface area contributed by atoms with Gasteiger partial charge < -0.3 is 14.5 Å². The fourth-order valence-electron chi connectivity index (χ4n) is 4.59. The number of nitrogens with one attached hydrogen (secondary N) is 1. The zero-order chi connectivity index (χ0) is 21.2. The third kappa shape index (κ3) is 4.45. The number of anilines is 1. The van der Waals surface area contributed by atoms with Crippen molar-refractivity contribution in [2.24, 2.45) is 5.92 Å². The molecule has 3 aromatic rings. The van der Waals surface area contributed by atoms with E-state index in [0.717, 1.165) is 62.8 Å². The normalized spacial score (nSPS) is 22.5. The molecule has 5 rings (SSSR count). The molecular weight excluding hydrogens is 394 g/mol. The number of carbonyl (C=O) groups is 1. The Morgan fingerprint density at radius 1 is 1.00 bits per heavy atom. The number of aryl methyl sites for hydroxylation is 1. The SMILES string of the molecule is Cc1ncc(-c2cc3cc(NC(=O)[C@H]4CC[C@H](N5CCOCC5)CC4)ncc3cn2)o1. The number of aromatic nitrogens is 3. The summed E-state index contributed by atoms with van der Waals surface area (Å²) in [6.07, 6.45) is 9.13. The van der Waals surface area contributed by atoms with E-state index >= 15 is 0 Å². The van der Waals surface area contributed by atoms with Crippen LogP contribution in [0.1, 0.15) is 31.6 Å². The van der Waals surface area contributed by atoms with Crippen molar-refractivity contribution in [3.63, 3.8) is 0 Å². The molecule has 0 aromatic carbocycles. The average molecular weight is 422 g/mol. The largest absolute Gasteiger partial charge is 0.439 e. The highest BCUT2D eigenvalue weighted by atomic mass is 16.5. The molecule has 2 aliphatic rings. The van der Waals surface area contributed by atoms with E-state index in [2.05, 4.69) is 25.2 Å². The number of hydrogen-bond donors (Lipinski definition) is 1. The number of rotatable bonds is 4. The van der Waals surface area contributed by atoms with Crippen LogP contribution in [0, 0.1) is 12.8 Å². The highest BCUT2D eigenvalue weighted by Gasteiger charge is 2.30. The molecule has 31 heavy (non-hydrogen) atoms. The van der Waals surface area contributed by atoms with Gasteiger partial charge in [0.05, 0.1) is 19.4 Å². The lowest BCUT2D eigenvalue weighted by molar-refractivity contribution is -0.121. The van der Waals surface area contributed by atoms with Gasteiger partial charge in [0, 0.05) is 49.8 Å². The molecule has 0 unspecified atom stereocenters. The van der Waals surface area contributed by atoms with E-state index in [1.54, 1.807) is 25.5 Å². The quantitative estimate of drug-likeness (QED) is 0.690. The Morgan fingerprint density at radius 2 is 1.77 bits per heavy atom. The average Bonchev–Trinajstić information content (AvgIpc) is 3.25. The van der Waals surface area contributed by atoms with Gasteiger partial charge in [-0.3, -0.25) is 14.7 Å². The third-order valence-corrected chi connectivity index (χ3v) is 6.36. The predicted octanol–water partition coefficient (Wildman–Crippen LogP) is 3.42. The first-order valence-electron chi connectivity index (χ1n) is 11.0. The summed E-state index contributed by atoms with van der Waals surface area (Å²) in [5.74, 6) is 1.90. The number of nitrogens with zero attached hydrogens (tertiary/aromatic N) is 4. The van der Waals surface area contributed by atoms with Crippen LogP contribution in [-0.2, 0) is 9.53 Å². The second kappa shape index (κ2) is 8.72. The molecule has 1 aliphatic carbocycles. The Labute approximate surface area is 181 Å². The van der Waals surface area contributed by atoms with Crippen LogP contribution in [-0.4, -0.2) is 58.1 Å². The summed E-state index contributed by atoms with van der Waals surface area (Å²) in [5, 5.41) is 4.87. The number of hydrogen-bond acceptors (Lipinski definition) is 7. The van der Waals surface area contributed by atoms with Crippen LogP contribution in [0.2, 0.25) is 0 Å². The van der Waals surface area contributed by atoms with Crippen molar-refractivity contribution in [1.82, 2.24) is 19.9 Å². The second-order valence-corrected chi connectivity index (χ2v) is 8.37. The first-order valence-corrected chi connectivity index (χ1v) is 11.0. The Hall–Kier alpha value is -2.84. The number of amides is 1. The summed E-state index contributed by atoms with van der Waals surface area (Å²) in [6.45, 7) is 5.46. The number of fused-ring (bicyclic) bond motifs is 1. The van der Waals surface area contributed by atoms with Gasteiger partial charge in [-0.05, 0) is 43.2 Å². The second-order valence-electron chi connectivity index (χ2n) is 8.37. The van der Waals surface area contributed by atoms with E-state index in [0.29, 0.717) is 29.2 Å². The maximum absolute atomic E-state index is 12.9. The molecule has 0 spiro atoms. The zero-order valence-electron chi connectivity index (χ0n) is 17.7. The fourth-order valence-corrected chi connectivity index (χ4v) is 4.59. The Balaban J connectivity index is 1.24. The van der Waals surface area contributed by atoms with E-state index in [9.17, 15) is 4.79 Å². The van der Waals surface area contributed by atoms with Crippen molar-refractivity contribution < 1.29 is 13.9 Å². The molecular formula is C23H27N5O3. The van der Waals surface area contributed by atoms with E-state index in [4.69, 9.17) is 9.15 Å². The summed E-state index contributed by atoms with van der Waals surface area (Å²) >= 11 is 0. The van der Waals surface area contributed by atoms with Gasteiger partial charge in [0.2, 0.25) is 5.91 Å².